The third kappa shape index (κ3) is 7.40. The van der Waals surface area contributed by atoms with Crippen LogP contribution in [0.1, 0.15) is 44.7 Å². The van der Waals surface area contributed by atoms with Crippen molar-refractivity contribution in [3.63, 3.8) is 0 Å². The first-order valence-electron chi connectivity index (χ1n) is 14.6. The van der Waals surface area contributed by atoms with Crippen molar-refractivity contribution in [2.24, 2.45) is 0 Å². The summed E-state index contributed by atoms with van der Waals surface area (Å²) in [6.45, 7) is 11.9. The van der Waals surface area contributed by atoms with Crippen LogP contribution in [0.5, 0.6) is 11.5 Å². The van der Waals surface area contributed by atoms with Gasteiger partial charge in [-0.1, -0.05) is 0 Å². The Kier molecular flexibility index (Phi) is 9.34. The van der Waals surface area contributed by atoms with Crippen molar-refractivity contribution in [2.75, 3.05) is 64.7 Å². The Morgan fingerprint density at radius 1 is 0.975 bits per heavy atom. The molecule has 0 bridgehead atoms. The number of benzene rings is 2. The normalized spacial score (nSPS) is 17.4. The Hall–Kier alpha value is -3.43. The van der Waals surface area contributed by atoms with Crippen molar-refractivity contribution in [3.8, 4) is 11.5 Å². The number of rotatable bonds is 9. The number of carbonyl (C=O) groups is 1. The van der Waals surface area contributed by atoms with Crippen LogP contribution < -0.4 is 14.8 Å². The second-order valence-electron chi connectivity index (χ2n) is 11.2. The van der Waals surface area contributed by atoms with Gasteiger partial charge in [-0.2, -0.15) is 0 Å². The van der Waals surface area contributed by atoms with E-state index in [1.54, 1.807) is 23.4 Å². The molecule has 2 saturated heterocycles. The fraction of sp³-hybridized carbons (Fsp3) is 0.516. The fourth-order valence-electron chi connectivity index (χ4n) is 5.48. The zero-order valence-electron chi connectivity index (χ0n) is 24.0. The molecule has 9 nitrogen and oxygen atoms in total. The summed E-state index contributed by atoms with van der Waals surface area (Å²) in [4.78, 5) is 28.7. The van der Waals surface area contributed by atoms with Gasteiger partial charge in [-0.25, -0.2) is 14.8 Å². The molecule has 0 aliphatic carbocycles. The van der Waals surface area contributed by atoms with Crippen molar-refractivity contribution in [3.05, 3.63) is 54.5 Å². The number of fused-ring (bicyclic) bond motifs is 1. The monoisotopic (exact) mass is 546 g/mol. The highest BCUT2D eigenvalue weighted by Crippen LogP contribution is 2.32. The summed E-state index contributed by atoms with van der Waals surface area (Å²) < 4.78 is 11.3. The minimum absolute atomic E-state index is 0.0997. The molecule has 2 aliphatic rings. The van der Waals surface area contributed by atoms with Crippen LogP contribution >= 0.6 is 0 Å². The summed E-state index contributed by atoms with van der Waals surface area (Å²) in [7, 11) is 2.19. The number of piperazine rings is 1. The van der Waals surface area contributed by atoms with E-state index in [9.17, 15) is 4.79 Å². The Bertz CT molecular complexity index is 1250. The minimum Gasteiger partial charge on any atom is -0.491 e. The standard InChI is InChI=1S/C31H42N6O3/c1-23(2)39-26-6-8-27(9-7-26)40-31(38)37-15-11-24(12-16-37)30-28-10-5-25(21-29(28)33-22-34-30)32-13-4-14-36-19-17-35(3)18-20-36/h5-10,21-24,32H,4,11-20H2,1-3H3. The summed E-state index contributed by atoms with van der Waals surface area (Å²) >= 11 is 0. The maximum absolute atomic E-state index is 12.8. The van der Waals surface area contributed by atoms with Crippen LogP contribution in [-0.4, -0.2) is 96.3 Å². The van der Waals surface area contributed by atoms with E-state index < -0.39 is 0 Å². The van der Waals surface area contributed by atoms with Gasteiger partial charge in [0.25, 0.3) is 0 Å². The smallest absolute Gasteiger partial charge is 0.415 e. The van der Waals surface area contributed by atoms with Crippen molar-refractivity contribution in [2.45, 2.75) is 45.1 Å². The first-order valence-corrected chi connectivity index (χ1v) is 14.6. The van der Waals surface area contributed by atoms with Gasteiger partial charge in [0.15, 0.2) is 0 Å². The number of piperidine rings is 1. The van der Waals surface area contributed by atoms with E-state index in [4.69, 9.17) is 9.47 Å². The second-order valence-corrected chi connectivity index (χ2v) is 11.2. The van der Waals surface area contributed by atoms with E-state index in [1.165, 1.54) is 0 Å². The molecule has 0 radical (unpaired) electrons. The topological polar surface area (TPSA) is 83.1 Å². The molecule has 2 fully saturated rings. The van der Waals surface area contributed by atoms with Gasteiger partial charge in [0.05, 0.1) is 17.3 Å². The van der Waals surface area contributed by atoms with E-state index in [0.29, 0.717) is 18.8 Å². The Morgan fingerprint density at radius 3 is 2.42 bits per heavy atom. The number of hydrogen-bond acceptors (Lipinski definition) is 8. The number of nitrogens with one attached hydrogen (secondary N) is 1. The average molecular weight is 547 g/mol. The molecule has 0 atom stereocenters. The van der Waals surface area contributed by atoms with Gasteiger partial charge in [0.2, 0.25) is 0 Å². The molecule has 3 heterocycles. The van der Waals surface area contributed by atoms with Crippen molar-refractivity contribution >= 4 is 22.7 Å². The lowest BCUT2D eigenvalue weighted by Crippen LogP contribution is -2.44. The number of likely N-dealkylation sites (tertiary alicyclic amines) is 1. The predicted molar refractivity (Wildman–Crippen MR) is 158 cm³/mol. The molecule has 214 valence electrons. The molecule has 40 heavy (non-hydrogen) atoms. The number of anilines is 1. The number of nitrogens with zero attached hydrogens (tertiary/aromatic N) is 5. The number of hydrogen-bond donors (Lipinski definition) is 1. The van der Waals surface area contributed by atoms with Crippen LogP contribution in [0, 0.1) is 0 Å². The summed E-state index contributed by atoms with van der Waals surface area (Å²) in [5.74, 6) is 1.56. The highest BCUT2D eigenvalue weighted by molar-refractivity contribution is 5.84. The molecule has 1 aromatic heterocycles. The molecule has 0 unspecified atom stereocenters. The van der Waals surface area contributed by atoms with Gasteiger partial charge < -0.3 is 29.5 Å². The quantitative estimate of drug-likeness (QED) is 0.382. The van der Waals surface area contributed by atoms with E-state index in [0.717, 1.165) is 86.6 Å². The van der Waals surface area contributed by atoms with Gasteiger partial charge in [-0.15, -0.1) is 0 Å². The van der Waals surface area contributed by atoms with Crippen LogP contribution in [0.15, 0.2) is 48.8 Å². The first kappa shape index (κ1) is 28.1. The van der Waals surface area contributed by atoms with Gasteiger partial charge in [-0.3, -0.25) is 0 Å². The molecule has 0 spiro atoms. The maximum Gasteiger partial charge on any atom is 0.415 e. The van der Waals surface area contributed by atoms with Gasteiger partial charge >= 0.3 is 6.09 Å². The van der Waals surface area contributed by atoms with Crippen LogP contribution in [0.3, 0.4) is 0 Å². The average Bonchev–Trinajstić information content (AvgIpc) is 2.96. The molecule has 2 aromatic carbocycles. The summed E-state index contributed by atoms with van der Waals surface area (Å²) in [6, 6.07) is 13.6. The highest BCUT2D eigenvalue weighted by Gasteiger charge is 2.27. The van der Waals surface area contributed by atoms with E-state index in [2.05, 4.69) is 50.3 Å². The van der Waals surface area contributed by atoms with E-state index in [-0.39, 0.29) is 18.1 Å². The number of likely N-dealkylation sites (N-methyl/N-ethyl adjacent to an activating group) is 1. The van der Waals surface area contributed by atoms with Crippen LogP contribution in [0.2, 0.25) is 0 Å². The van der Waals surface area contributed by atoms with Gasteiger partial charge in [0, 0.05) is 62.8 Å². The number of amides is 1. The number of aromatic nitrogens is 2. The molecular formula is C31H42N6O3. The molecule has 5 rings (SSSR count). The lowest BCUT2D eigenvalue weighted by atomic mass is 9.91. The Labute approximate surface area is 237 Å². The first-order chi connectivity index (χ1) is 19.4. The molecule has 0 saturated carbocycles. The predicted octanol–water partition coefficient (Wildman–Crippen LogP) is 4.84. The summed E-state index contributed by atoms with van der Waals surface area (Å²) in [5.41, 5.74) is 3.12. The minimum atomic E-state index is -0.313. The third-order valence-electron chi connectivity index (χ3n) is 7.78. The van der Waals surface area contributed by atoms with Crippen LogP contribution in [0.25, 0.3) is 10.9 Å². The Balaban J connectivity index is 1.11. The van der Waals surface area contributed by atoms with E-state index in [1.807, 2.05) is 26.0 Å². The maximum atomic E-state index is 12.8. The number of carbonyl (C=O) groups excluding carboxylic acids is 1. The summed E-state index contributed by atoms with van der Waals surface area (Å²) in [5, 5.41) is 4.66. The molecule has 2 aliphatic heterocycles. The van der Waals surface area contributed by atoms with Crippen LogP contribution in [0.4, 0.5) is 10.5 Å². The molecule has 1 amide bonds. The van der Waals surface area contributed by atoms with Crippen LogP contribution in [-0.2, 0) is 0 Å². The van der Waals surface area contributed by atoms with Crippen molar-refractivity contribution < 1.29 is 14.3 Å². The van der Waals surface area contributed by atoms with Crippen molar-refractivity contribution in [1.82, 2.24) is 24.7 Å². The van der Waals surface area contributed by atoms with E-state index >= 15 is 0 Å². The molecule has 9 heteroatoms. The molecule has 3 aromatic rings. The third-order valence-corrected chi connectivity index (χ3v) is 7.78. The largest absolute Gasteiger partial charge is 0.491 e. The Morgan fingerprint density at radius 2 is 1.70 bits per heavy atom. The SMILES string of the molecule is CC(C)Oc1ccc(OC(=O)N2CCC(c3ncnc4cc(NCCCN5CCN(C)CC5)ccc34)CC2)cc1. The summed E-state index contributed by atoms with van der Waals surface area (Å²) in [6.07, 6.45) is 4.26. The lowest BCUT2D eigenvalue weighted by molar-refractivity contribution is 0.138. The highest BCUT2D eigenvalue weighted by atomic mass is 16.6. The molecule has 1 N–H and O–H groups in total. The molecular weight excluding hydrogens is 504 g/mol. The number of ether oxygens (including phenoxy) is 2. The van der Waals surface area contributed by atoms with Gasteiger partial charge in [0.1, 0.15) is 17.8 Å². The zero-order valence-corrected chi connectivity index (χ0v) is 24.0. The zero-order chi connectivity index (χ0) is 27.9. The lowest BCUT2D eigenvalue weighted by Gasteiger charge is -2.32. The fourth-order valence-corrected chi connectivity index (χ4v) is 5.48. The second kappa shape index (κ2) is 13.3. The van der Waals surface area contributed by atoms with Crippen molar-refractivity contribution in [1.29, 1.82) is 0 Å². The van der Waals surface area contributed by atoms with Gasteiger partial charge in [-0.05, 0) is 89.2 Å².